The van der Waals surface area contributed by atoms with E-state index in [1.54, 1.807) is 41.0 Å². The molecule has 0 aliphatic heterocycles. The van der Waals surface area contributed by atoms with Crippen molar-refractivity contribution in [2.24, 2.45) is 0 Å². The molecule has 33 heavy (non-hydrogen) atoms. The average molecular weight is 444 g/mol. The monoisotopic (exact) mass is 444 g/mol. The molecule has 2 aromatic carbocycles. The van der Waals surface area contributed by atoms with Crippen molar-refractivity contribution in [2.45, 2.75) is 27.3 Å². The Balaban J connectivity index is 1.62. The molecule has 0 aliphatic rings. The summed E-state index contributed by atoms with van der Waals surface area (Å²) < 4.78 is 3.44. The highest BCUT2D eigenvalue weighted by molar-refractivity contribution is 5.95. The van der Waals surface area contributed by atoms with Crippen LogP contribution in [-0.4, -0.2) is 42.1 Å². The molecule has 0 fully saturated rings. The summed E-state index contributed by atoms with van der Waals surface area (Å²) in [5, 5.41) is 16.3. The molecule has 0 atom stereocenters. The minimum Gasteiger partial charge on any atom is -0.337 e. The molecule has 0 aliphatic carbocycles. The molecular formula is C24H24N6O3. The number of nitrogens with zero attached hydrogens (tertiary/aromatic N) is 6. The number of nitro groups is 1. The van der Waals surface area contributed by atoms with Gasteiger partial charge in [-0.05, 0) is 44.5 Å². The van der Waals surface area contributed by atoms with Crippen LogP contribution in [0.3, 0.4) is 0 Å². The first-order chi connectivity index (χ1) is 15.8. The van der Waals surface area contributed by atoms with Gasteiger partial charge in [0.15, 0.2) is 0 Å². The van der Waals surface area contributed by atoms with Gasteiger partial charge in [-0.1, -0.05) is 18.2 Å². The van der Waals surface area contributed by atoms with Crippen LogP contribution in [0.4, 0.5) is 5.69 Å². The smallest absolute Gasteiger partial charge is 0.294 e. The number of aromatic nitrogens is 4. The normalized spacial score (nSPS) is 10.9. The summed E-state index contributed by atoms with van der Waals surface area (Å²) >= 11 is 0. The molecule has 168 valence electrons. The summed E-state index contributed by atoms with van der Waals surface area (Å²) in [6.07, 6.45) is 4.64. The number of carbonyl (C=O) groups is 1. The Hall–Kier alpha value is -4.27. The Labute approximate surface area is 191 Å². The number of nitro benzene ring substituents is 1. The van der Waals surface area contributed by atoms with E-state index < -0.39 is 4.92 Å². The fourth-order valence-electron chi connectivity index (χ4n) is 3.89. The molecule has 0 spiro atoms. The van der Waals surface area contributed by atoms with Crippen LogP contribution in [-0.2, 0) is 6.54 Å². The maximum Gasteiger partial charge on any atom is 0.294 e. The van der Waals surface area contributed by atoms with Gasteiger partial charge in [0.05, 0.1) is 22.6 Å². The van der Waals surface area contributed by atoms with Crippen molar-refractivity contribution in [2.75, 3.05) is 7.05 Å². The van der Waals surface area contributed by atoms with Gasteiger partial charge in [-0.3, -0.25) is 14.9 Å². The Bertz CT molecular complexity index is 1340. The Kier molecular flexibility index (Phi) is 5.78. The van der Waals surface area contributed by atoms with Crippen molar-refractivity contribution < 1.29 is 9.72 Å². The van der Waals surface area contributed by atoms with E-state index in [9.17, 15) is 14.9 Å². The van der Waals surface area contributed by atoms with E-state index in [1.807, 2.05) is 49.7 Å². The molecular weight excluding hydrogens is 420 g/mol. The summed E-state index contributed by atoms with van der Waals surface area (Å²) in [6.45, 7) is 6.26. The average Bonchev–Trinajstić information content (AvgIpc) is 3.43. The lowest BCUT2D eigenvalue weighted by Crippen LogP contribution is -2.27. The number of amides is 1. The summed E-state index contributed by atoms with van der Waals surface area (Å²) in [6, 6.07) is 12.5. The van der Waals surface area contributed by atoms with E-state index in [-0.39, 0.29) is 17.2 Å². The lowest BCUT2D eigenvalue weighted by atomic mass is 10.1. The fourth-order valence-corrected chi connectivity index (χ4v) is 3.89. The van der Waals surface area contributed by atoms with Gasteiger partial charge in [-0.25, -0.2) is 9.67 Å². The van der Waals surface area contributed by atoms with Gasteiger partial charge >= 0.3 is 0 Å². The SMILES string of the molecule is Cc1ccccc1-n1nc(C)c(CN(C)C(=O)c2ccc(-n3ccnc3)c([N+](=O)[O-])c2)c1C. The van der Waals surface area contributed by atoms with Gasteiger partial charge in [-0.15, -0.1) is 0 Å². The minimum absolute atomic E-state index is 0.160. The quantitative estimate of drug-likeness (QED) is 0.328. The molecule has 9 heteroatoms. The van der Waals surface area contributed by atoms with Crippen LogP contribution in [0.15, 0.2) is 61.2 Å². The zero-order chi connectivity index (χ0) is 23.7. The van der Waals surface area contributed by atoms with Crippen molar-refractivity contribution in [3.05, 3.63) is 99.4 Å². The molecule has 2 aromatic heterocycles. The lowest BCUT2D eigenvalue weighted by molar-refractivity contribution is -0.384. The maximum atomic E-state index is 13.1. The van der Waals surface area contributed by atoms with Crippen molar-refractivity contribution in [3.8, 4) is 11.4 Å². The maximum absolute atomic E-state index is 13.1. The van der Waals surface area contributed by atoms with Crippen LogP contribution < -0.4 is 0 Å². The Morgan fingerprint density at radius 1 is 1.12 bits per heavy atom. The second-order valence-corrected chi connectivity index (χ2v) is 7.94. The Morgan fingerprint density at radius 3 is 2.55 bits per heavy atom. The van der Waals surface area contributed by atoms with E-state index in [4.69, 9.17) is 0 Å². The number of aryl methyl sites for hydroxylation is 2. The topological polar surface area (TPSA) is 99.1 Å². The highest BCUT2D eigenvalue weighted by Crippen LogP contribution is 2.26. The van der Waals surface area contributed by atoms with Gasteiger partial charge in [0.1, 0.15) is 5.69 Å². The first-order valence-electron chi connectivity index (χ1n) is 10.4. The lowest BCUT2D eigenvalue weighted by Gasteiger charge is -2.18. The second kappa shape index (κ2) is 8.70. The molecule has 0 unspecified atom stereocenters. The summed E-state index contributed by atoms with van der Waals surface area (Å²) in [4.78, 5) is 29.8. The van der Waals surface area contributed by atoms with Crippen LogP contribution in [0, 0.1) is 30.9 Å². The van der Waals surface area contributed by atoms with Crippen LogP contribution in [0.1, 0.15) is 32.9 Å². The molecule has 0 saturated heterocycles. The molecule has 4 aromatic rings. The standard InChI is InChI=1S/C24H24N6O3/c1-16-7-5-6-8-21(16)29-18(3)20(17(2)26-29)14-27(4)24(31)19-9-10-22(23(13-19)30(32)33)28-12-11-25-15-28/h5-13,15H,14H2,1-4H3. The van der Waals surface area contributed by atoms with Crippen LogP contribution in [0.5, 0.6) is 0 Å². The molecule has 0 bridgehead atoms. The van der Waals surface area contributed by atoms with Gasteiger partial charge in [0, 0.05) is 48.9 Å². The molecule has 9 nitrogen and oxygen atoms in total. The van der Waals surface area contributed by atoms with Crippen molar-refractivity contribution in [3.63, 3.8) is 0 Å². The second-order valence-electron chi connectivity index (χ2n) is 7.94. The number of para-hydroxylation sites is 1. The number of carbonyl (C=O) groups excluding carboxylic acids is 1. The molecule has 0 N–H and O–H groups in total. The highest BCUT2D eigenvalue weighted by Gasteiger charge is 2.22. The zero-order valence-electron chi connectivity index (χ0n) is 18.9. The third-order valence-electron chi connectivity index (χ3n) is 5.73. The van der Waals surface area contributed by atoms with E-state index in [0.717, 1.165) is 28.2 Å². The summed E-state index contributed by atoms with van der Waals surface area (Å²) in [5.74, 6) is -0.308. The number of benzene rings is 2. The number of imidazole rings is 1. The number of hydrogen-bond acceptors (Lipinski definition) is 5. The summed E-state index contributed by atoms with van der Waals surface area (Å²) in [7, 11) is 1.68. The van der Waals surface area contributed by atoms with Crippen LogP contribution in [0.25, 0.3) is 11.4 Å². The predicted molar refractivity (Wildman–Crippen MR) is 124 cm³/mol. The first kappa shape index (κ1) is 21.9. The van der Waals surface area contributed by atoms with Crippen molar-refractivity contribution in [1.82, 2.24) is 24.2 Å². The number of rotatable bonds is 6. The predicted octanol–water partition coefficient (Wildman–Crippen LogP) is 4.16. The molecule has 0 radical (unpaired) electrons. The third-order valence-corrected chi connectivity index (χ3v) is 5.73. The van der Waals surface area contributed by atoms with Crippen LogP contribution in [0.2, 0.25) is 0 Å². The largest absolute Gasteiger partial charge is 0.337 e. The van der Waals surface area contributed by atoms with Crippen molar-refractivity contribution in [1.29, 1.82) is 0 Å². The number of hydrogen-bond donors (Lipinski definition) is 0. The van der Waals surface area contributed by atoms with Crippen molar-refractivity contribution >= 4 is 11.6 Å². The van der Waals surface area contributed by atoms with Gasteiger partial charge in [0.2, 0.25) is 0 Å². The van der Waals surface area contributed by atoms with Crippen LogP contribution >= 0.6 is 0 Å². The fraction of sp³-hybridized carbons (Fsp3) is 0.208. The zero-order valence-corrected chi connectivity index (χ0v) is 18.9. The van der Waals surface area contributed by atoms with Gasteiger partial charge < -0.3 is 9.47 Å². The van der Waals surface area contributed by atoms with E-state index in [2.05, 4.69) is 10.1 Å². The third kappa shape index (κ3) is 4.12. The Morgan fingerprint density at radius 2 is 1.88 bits per heavy atom. The molecule has 0 saturated carbocycles. The molecule has 2 heterocycles. The molecule has 1 amide bonds. The highest BCUT2D eigenvalue weighted by atomic mass is 16.6. The van der Waals surface area contributed by atoms with E-state index in [0.29, 0.717) is 12.2 Å². The summed E-state index contributed by atoms with van der Waals surface area (Å²) in [5.41, 5.74) is 5.25. The van der Waals surface area contributed by atoms with Gasteiger partial charge in [0.25, 0.3) is 11.6 Å². The molecule has 4 rings (SSSR count). The first-order valence-corrected chi connectivity index (χ1v) is 10.4. The minimum atomic E-state index is -0.493. The van der Waals surface area contributed by atoms with E-state index >= 15 is 0 Å². The van der Waals surface area contributed by atoms with Gasteiger partial charge in [-0.2, -0.15) is 5.10 Å². The van der Waals surface area contributed by atoms with E-state index in [1.165, 1.54) is 12.4 Å².